The Labute approximate surface area is 185 Å². The van der Waals surface area contributed by atoms with Crippen LogP contribution in [0.25, 0.3) is 11.0 Å². The number of nitrogens with zero attached hydrogens (tertiary/aromatic N) is 1. The molecule has 0 fully saturated rings. The summed E-state index contributed by atoms with van der Waals surface area (Å²) in [5.41, 5.74) is 3.95. The lowest BCUT2D eigenvalue weighted by Crippen LogP contribution is -2.44. The van der Waals surface area contributed by atoms with Gasteiger partial charge >= 0.3 is 15.2 Å². The van der Waals surface area contributed by atoms with E-state index < -0.39 is 10.0 Å². The standard InChI is InChI=1S/C23H21N3O3S2/c1-16-9-8-10-17(2)22(16)25-21(27)15-30-23-24-19-13-6-7-14-20(19)26(23)31(28,29)18-11-4-3-5-12-18/h3-14H,15H2,1-2H3,(H,25,27)/p+1. The van der Waals surface area contributed by atoms with Crippen LogP contribution in [0, 0.1) is 13.8 Å². The third-order valence-electron chi connectivity index (χ3n) is 4.92. The van der Waals surface area contributed by atoms with Crippen LogP contribution >= 0.6 is 11.8 Å². The van der Waals surface area contributed by atoms with Crippen molar-refractivity contribution in [2.75, 3.05) is 11.1 Å². The van der Waals surface area contributed by atoms with Gasteiger partial charge in [-0.3, -0.25) is 4.79 Å². The number of H-pyrrole nitrogens is 1. The average Bonchev–Trinajstić information content (AvgIpc) is 3.15. The Kier molecular flexibility index (Phi) is 5.84. The lowest BCUT2D eigenvalue weighted by atomic mass is 10.1. The fourth-order valence-electron chi connectivity index (χ4n) is 3.38. The molecule has 0 saturated heterocycles. The van der Waals surface area contributed by atoms with Crippen molar-refractivity contribution in [2.24, 2.45) is 0 Å². The van der Waals surface area contributed by atoms with Gasteiger partial charge in [0.2, 0.25) is 5.91 Å². The highest BCUT2D eigenvalue weighted by Gasteiger charge is 2.31. The Morgan fingerprint density at radius 1 is 0.935 bits per heavy atom. The van der Waals surface area contributed by atoms with Crippen molar-refractivity contribution >= 4 is 44.4 Å². The predicted octanol–water partition coefficient (Wildman–Crippen LogP) is 4.04. The summed E-state index contributed by atoms with van der Waals surface area (Å²) in [5.74, 6) is -0.144. The van der Waals surface area contributed by atoms with E-state index in [0.717, 1.165) is 28.6 Å². The molecule has 0 aliphatic rings. The Bertz CT molecular complexity index is 1340. The topological polar surface area (TPSA) is 82.9 Å². The molecule has 4 rings (SSSR count). The van der Waals surface area contributed by atoms with Gasteiger partial charge < -0.3 is 5.32 Å². The second-order valence-corrected chi connectivity index (χ2v) is 9.88. The van der Waals surface area contributed by atoms with E-state index in [2.05, 4.69) is 10.3 Å². The van der Waals surface area contributed by atoms with Crippen molar-refractivity contribution < 1.29 is 17.2 Å². The summed E-state index contributed by atoms with van der Waals surface area (Å²) in [6, 6.07) is 21.3. The molecule has 158 valence electrons. The number of aromatic nitrogens is 2. The molecular formula is C23H22N3O3S2+. The Balaban J connectivity index is 1.66. The first-order valence-corrected chi connectivity index (χ1v) is 12.1. The van der Waals surface area contributed by atoms with Gasteiger partial charge in [0, 0.05) is 5.69 Å². The maximum absolute atomic E-state index is 13.4. The number of carbonyl (C=O) groups is 1. The zero-order valence-corrected chi connectivity index (χ0v) is 18.8. The molecule has 3 aromatic carbocycles. The highest BCUT2D eigenvalue weighted by atomic mass is 32.2. The summed E-state index contributed by atoms with van der Waals surface area (Å²) < 4.78 is 28.0. The third-order valence-corrected chi connectivity index (χ3v) is 7.72. The summed E-state index contributed by atoms with van der Waals surface area (Å²) in [7, 11) is -3.84. The highest BCUT2D eigenvalue weighted by molar-refractivity contribution is 8.00. The van der Waals surface area contributed by atoms with Crippen LogP contribution in [-0.4, -0.2) is 25.1 Å². The molecule has 0 radical (unpaired) electrons. The summed E-state index contributed by atoms with van der Waals surface area (Å²) in [5, 5.41) is 3.32. The smallest absolute Gasteiger partial charge is 0.325 e. The van der Waals surface area contributed by atoms with E-state index >= 15 is 0 Å². The minimum atomic E-state index is -3.84. The number of aryl methyl sites for hydroxylation is 2. The number of rotatable bonds is 6. The van der Waals surface area contributed by atoms with Crippen molar-refractivity contribution in [3.05, 3.63) is 83.9 Å². The number of carbonyl (C=O) groups excluding carboxylic acids is 1. The number of anilines is 1. The summed E-state index contributed by atoms with van der Waals surface area (Å²) in [4.78, 5) is 16.0. The second kappa shape index (κ2) is 8.56. The van der Waals surface area contributed by atoms with Crippen molar-refractivity contribution in [3.63, 3.8) is 0 Å². The minimum absolute atomic E-state index is 0.0604. The maximum atomic E-state index is 13.4. The zero-order chi connectivity index (χ0) is 22.0. The SMILES string of the molecule is Cc1cccc(C)c1NC(=O)CSc1[nH]c2ccccc2[n+]1S(=O)(=O)c1ccccc1. The first kappa shape index (κ1) is 21.1. The number of amides is 1. The molecule has 0 spiro atoms. The molecule has 2 N–H and O–H groups in total. The largest absolute Gasteiger partial charge is 0.336 e. The molecule has 1 heterocycles. The van der Waals surface area contributed by atoms with Crippen LogP contribution < -0.4 is 9.29 Å². The normalized spacial score (nSPS) is 11.5. The number of para-hydroxylation sites is 3. The Hall–Kier alpha value is -3.10. The van der Waals surface area contributed by atoms with Crippen LogP contribution in [0.15, 0.2) is 82.8 Å². The van der Waals surface area contributed by atoms with Crippen LogP contribution in [-0.2, 0) is 14.8 Å². The number of aromatic amines is 1. The monoisotopic (exact) mass is 452 g/mol. The van der Waals surface area contributed by atoms with E-state index in [-0.39, 0.29) is 16.6 Å². The number of hydrogen-bond acceptors (Lipinski definition) is 4. The van der Waals surface area contributed by atoms with Gasteiger partial charge in [-0.2, -0.15) is 8.42 Å². The number of benzene rings is 3. The van der Waals surface area contributed by atoms with E-state index in [0.29, 0.717) is 16.2 Å². The molecule has 0 unspecified atom stereocenters. The van der Waals surface area contributed by atoms with Gasteiger partial charge in [0.1, 0.15) is 4.90 Å². The molecule has 0 bridgehead atoms. The van der Waals surface area contributed by atoms with Gasteiger partial charge in [-0.05, 0) is 61.0 Å². The van der Waals surface area contributed by atoms with Crippen LogP contribution in [0.3, 0.4) is 0 Å². The van der Waals surface area contributed by atoms with Crippen LogP contribution in [0.5, 0.6) is 0 Å². The van der Waals surface area contributed by atoms with Gasteiger partial charge in [-0.1, -0.05) is 48.5 Å². The van der Waals surface area contributed by atoms with Gasteiger partial charge in [-0.15, -0.1) is 3.97 Å². The maximum Gasteiger partial charge on any atom is 0.336 e. The molecule has 6 nitrogen and oxygen atoms in total. The van der Waals surface area contributed by atoms with Crippen LogP contribution in [0.1, 0.15) is 11.1 Å². The second-order valence-electron chi connectivity index (χ2n) is 7.13. The van der Waals surface area contributed by atoms with E-state index in [1.165, 1.54) is 3.97 Å². The Morgan fingerprint density at radius 2 is 1.58 bits per heavy atom. The summed E-state index contributed by atoms with van der Waals surface area (Å²) in [6.45, 7) is 3.88. The van der Waals surface area contributed by atoms with Gasteiger partial charge in [0.05, 0.1) is 5.75 Å². The van der Waals surface area contributed by atoms with Gasteiger partial charge in [0.15, 0.2) is 11.0 Å². The summed E-state index contributed by atoms with van der Waals surface area (Å²) in [6.07, 6.45) is 0. The number of nitrogens with one attached hydrogen (secondary N) is 2. The lowest BCUT2D eigenvalue weighted by molar-refractivity contribution is -0.526. The molecule has 1 aromatic heterocycles. The van der Waals surface area contributed by atoms with Crippen molar-refractivity contribution in [1.29, 1.82) is 0 Å². The quantitative estimate of drug-likeness (QED) is 0.342. The minimum Gasteiger partial charge on any atom is -0.325 e. The van der Waals surface area contributed by atoms with E-state index in [9.17, 15) is 13.2 Å². The fourth-order valence-corrected chi connectivity index (χ4v) is 5.97. The summed E-state index contributed by atoms with van der Waals surface area (Å²) >= 11 is 1.15. The average molecular weight is 453 g/mol. The number of hydrogen-bond donors (Lipinski definition) is 2. The molecule has 1 amide bonds. The molecule has 0 atom stereocenters. The highest BCUT2D eigenvalue weighted by Crippen LogP contribution is 2.23. The van der Waals surface area contributed by atoms with Gasteiger partial charge in [0.25, 0.3) is 0 Å². The molecule has 4 aromatic rings. The van der Waals surface area contributed by atoms with Gasteiger partial charge in [-0.25, -0.2) is 4.98 Å². The molecule has 8 heteroatoms. The molecule has 31 heavy (non-hydrogen) atoms. The number of imidazole rings is 1. The zero-order valence-electron chi connectivity index (χ0n) is 17.1. The van der Waals surface area contributed by atoms with Crippen molar-refractivity contribution in [1.82, 2.24) is 4.98 Å². The molecular weight excluding hydrogens is 430 g/mol. The van der Waals surface area contributed by atoms with E-state index in [1.54, 1.807) is 42.5 Å². The predicted molar refractivity (Wildman–Crippen MR) is 123 cm³/mol. The third kappa shape index (κ3) is 4.22. The Morgan fingerprint density at radius 3 is 2.29 bits per heavy atom. The number of fused-ring (bicyclic) bond motifs is 1. The van der Waals surface area contributed by atoms with Crippen LogP contribution in [0.4, 0.5) is 5.69 Å². The van der Waals surface area contributed by atoms with Crippen LogP contribution in [0.2, 0.25) is 0 Å². The lowest BCUT2D eigenvalue weighted by Gasteiger charge is -2.10. The molecule has 0 aliphatic heterocycles. The molecule has 0 aliphatic carbocycles. The number of thioether (sulfide) groups is 1. The first-order chi connectivity index (χ1) is 14.9. The van der Waals surface area contributed by atoms with E-state index in [4.69, 9.17) is 0 Å². The van der Waals surface area contributed by atoms with Crippen molar-refractivity contribution in [2.45, 2.75) is 23.9 Å². The first-order valence-electron chi connectivity index (χ1n) is 9.70. The fraction of sp³-hybridized carbons (Fsp3) is 0.130. The van der Waals surface area contributed by atoms with E-state index in [1.807, 2.05) is 44.2 Å². The molecule has 0 saturated carbocycles. The van der Waals surface area contributed by atoms with Crippen molar-refractivity contribution in [3.8, 4) is 0 Å².